The van der Waals surface area contributed by atoms with Crippen LogP contribution >= 0.6 is 0 Å². The number of fused-ring (bicyclic) bond motifs is 1. The van der Waals surface area contributed by atoms with Crippen molar-refractivity contribution in [3.63, 3.8) is 0 Å². The fourth-order valence-electron chi connectivity index (χ4n) is 2.46. The summed E-state index contributed by atoms with van der Waals surface area (Å²) in [4.78, 5) is 4.90. The van der Waals surface area contributed by atoms with E-state index in [0.29, 0.717) is 5.92 Å². The van der Waals surface area contributed by atoms with Gasteiger partial charge in [-0.25, -0.2) is 0 Å². The highest BCUT2D eigenvalue weighted by molar-refractivity contribution is 5.86. The fourth-order valence-corrected chi connectivity index (χ4v) is 2.46. The van der Waals surface area contributed by atoms with Crippen LogP contribution in [0.15, 0.2) is 18.2 Å². The summed E-state index contributed by atoms with van der Waals surface area (Å²) in [5, 5.41) is 4.81. The summed E-state index contributed by atoms with van der Waals surface area (Å²) in [5.41, 5.74) is 6.36. The Hall–Kier alpha value is -1.41. The van der Waals surface area contributed by atoms with E-state index in [4.69, 9.17) is 4.98 Å². The largest absolute Gasteiger partial charge is 0.313 e. The minimum absolute atomic E-state index is 0.462. The lowest BCUT2D eigenvalue weighted by atomic mass is 9.98. The molecule has 0 amide bonds. The van der Waals surface area contributed by atoms with Crippen LogP contribution in [0.5, 0.6) is 0 Å². The standard InChI is InChI=1S/C18H26N2/c1-6-9-19-11-15-10-17(12(2)3)20-18-14(5)13(4)7-8-16(15)18/h7-8,10,12,19H,6,9,11H2,1-5H3. The first-order valence-electron chi connectivity index (χ1n) is 7.65. The molecule has 0 atom stereocenters. The Morgan fingerprint density at radius 3 is 2.60 bits per heavy atom. The molecule has 2 heteroatoms. The zero-order valence-corrected chi connectivity index (χ0v) is 13.4. The van der Waals surface area contributed by atoms with Crippen molar-refractivity contribution in [2.24, 2.45) is 0 Å². The number of hydrogen-bond donors (Lipinski definition) is 1. The number of nitrogens with zero attached hydrogens (tertiary/aromatic N) is 1. The van der Waals surface area contributed by atoms with E-state index in [1.165, 1.54) is 33.3 Å². The number of nitrogens with one attached hydrogen (secondary N) is 1. The lowest BCUT2D eigenvalue weighted by molar-refractivity contribution is 0.676. The van der Waals surface area contributed by atoms with Crippen LogP contribution in [0.4, 0.5) is 0 Å². The van der Waals surface area contributed by atoms with Gasteiger partial charge in [-0.3, -0.25) is 4.98 Å². The fraction of sp³-hybridized carbons (Fsp3) is 0.500. The molecule has 0 fully saturated rings. The van der Waals surface area contributed by atoms with E-state index in [2.05, 4.69) is 58.1 Å². The van der Waals surface area contributed by atoms with E-state index in [-0.39, 0.29) is 0 Å². The highest BCUT2D eigenvalue weighted by Crippen LogP contribution is 2.26. The summed E-state index contributed by atoms with van der Waals surface area (Å²) in [6, 6.07) is 6.69. The molecule has 2 aromatic rings. The monoisotopic (exact) mass is 270 g/mol. The summed E-state index contributed by atoms with van der Waals surface area (Å²) in [7, 11) is 0. The molecule has 0 aliphatic carbocycles. The molecular formula is C18H26N2. The molecular weight excluding hydrogens is 244 g/mol. The quantitative estimate of drug-likeness (QED) is 0.811. The van der Waals surface area contributed by atoms with Crippen molar-refractivity contribution in [1.82, 2.24) is 10.3 Å². The van der Waals surface area contributed by atoms with Crippen molar-refractivity contribution < 1.29 is 0 Å². The van der Waals surface area contributed by atoms with Gasteiger partial charge in [0.1, 0.15) is 0 Å². The van der Waals surface area contributed by atoms with Gasteiger partial charge < -0.3 is 5.32 Å². The first-order chi connectivity index (χ1) is 9.54. The van der Waals surface area contributed by atoms with Gasteiger partial charge in [-0.05, 0) is 55.5 Å². The Bertz CT molecular complexity index is 600. The van der Waals surface area contributed by atoms with Gasteiger partial charge >= 0.3 is 0 Å². The number of pyridine rings is 1. The molecule has 0 saturated carbocycles. The summed E-state index contributed by atoms with van der Waals surface area (Å²) < 4.78 is 0. The highest BCUT2D eigenvalue weighted by atomic mass is 14.8. The number of rotatable bonds is 5. The van der Waals surface area contributed by atoms with E-state index in [1.807, 2.05) is 0 Å². The second kappa shape index (κ2) is 6.36. The molecule has 1 aromatic heterocycles. The van der Waals surface area contributed by atoms with E-state index in [0.717, 1.165) is 19.5 Å². The summed E-state index contributed by atoms with van der Waals surface area (Å²) in [5.74, 6) is 0.462. The molecule has 1 N–H and O–H groups in total. The van der Waals surface area contributed by atoms with Gasteiger partial charge in [-0.2, -0.15) is 0 Å². The first-order valence-corrected chi connectivity index (χ1v) is 7.65. The third kappa shape index (κ3) is 3.01. The molecule has 0 radical (unpaired) electrons. The molecule has 2 rings (SSSR count). The van der Waals surface area contributed by atoms with Gasteiger partial charge in [-0.15, -0.1) is 0 Å². The van der Waals surface area contributed by atoms with E-state index < -0.39 is 0 Å². The topological polar surface area (TPSA) is 24.9 Å². The third-order valence-corrected chi connectivity index (χ3v) is 3.94. The van der Waals surface area contributed by atoms with Crippen molar-refractivity contribution in [3.8, 4) is 0 Å². The molecule has 0 spiro atoms. The Kier molecular flexibility index (Phi) is 4.77. The predicted octanol–water partition coefficient (Wildman–Crippen LogP) is 4.47. The SMILES string of the molecule is CCCNCc1cc(C(C)C)nc2c(C)c(C)ccc12. The maximum absolute atomic E-state index is 4.90. The average molecular weight is 270 g/mol. The van der Waals surface area contributed by atoms with Gasteiger partial charge in [0.2, 0.25) is 0 Å². The number of aromatic nitrogens is 1. The summed E-state index contributed by atoms with van der Waals surface area (Å²) in [6.07, 6.45) is 1.16. The van der Waals surface area contributed by atoms with Crippen molar-refractivity contribution in [2.75, 3.05) is 6.54 Å². The van der Waals surface area contributed by atoms with Crippen molar-refractivity contribution >= 4 is 10.9 Å². The van der Waals surface area contributed by atoms with Crippen LogP contribution in [0.1, 0.15) is 55.5 Å². The van der Waals surface area contributed by atoms with Crippen LogP contribution in [0.3, 0.4) is 0 Å². The Labute approximate surface area is 122 Å². The molecule has 108 valence electrons. The van der Waals surface area contributed by atoms with Crippen molar-refractivity contribution in [3.05, 3.63) is 40.6 Å². The molecule has 0 aliphatic rings. The van der Waals surface area contributed by atoms with Gasteiger partial charge in [-0.1, -0.05) is 32.9 Å². The van der Waals surface area contributed by atoms with Gasteiger partial charge in [0.15, 0.2) is 0 Å². The zero-order chi connectivity index (χ0) is 14.7. The zero-order valence-electron chi connectivity index (χ0n) is 13.4. The maximum Gasteiger partial charge on any atom is 0.0740 e. The van der Waals surface area contributed by atoms with Crippen LogP contribution in [0.25, 0.3) is 10.9 Å². The van der Waals surface area contributed by atoms with Gasteiger partial charge in [0, 0.05) is 17.6 Å². The lowest BCUT2D eigenvalue weighted by Gasteiger charge is -2.14. The first kappa shape index (κ1) is 15.0. The second-order valence-electron chi connectivity index (χ2n) is 5.94. The molecule has 1 aromatic carbocycles. The van der Waals surface area contributed by atoms with Crippen molar-refractivity contribution in [2.45, 2.75) is 53.5 Å². The highest BCUT2D eigenvalue weighted by Gasteiger charge is 2.11. The summed E-state index contributed by atoms with van der Waals surface area (Å²) >= 11 is 0. The molecule has 0 saturated heterocycles. The minimum Gasteiger partial charge on any atom is -0.313 e. The van der Waals surface area contributed by atoms with Gasteiger partial charge in [0.05, 0.1) is 5.52 Å². The molecule has 2 nitrogen and oxygen atoms in total. The lowest BCUT2D eigenvalue weighted by Crippen LogP contribution is -2.15. The van der Waals surface area contributed by atoms with Crippen LogP contribution in [-0.4, -0.2) is 11.5 Å². The Morgan fingerprint density at radius 1 is 1.20 bits per heavy atom. The van der Waals surface area contributed by atoms with E-state index in [9.17, 15) is 0 Å². The molecule has 0 bridgehead atoms. The minimum atomic E-state index is 0.462. The Morgan fingerprint density at radius 2 is 1.95 bits per heavy atom. The maximum atomic E-state index is 4.90. The number of hydrogen-bond acceptors (Lipinski definition) is 2. The smallest absolute Gasteiger partial charge is 0.0740 e. The normalized spacial score (nSPS) is 11.5. The predicted molar refractivity (Wildman–Crippen MR) is 87.3 cm³/mol. The third-order valence-electron chi connectivity index (χ3n) is 3.94. The van der Waals surface area contributed by atoms with Gasteiger partial charge in [0.25, 0.3) is 0 Å². The molecule has 0 unspecified atom stereocenters. The van der Waals surface area contributed by atoms with E-state index in [1.54, 1.807) is 0 Å². The second-order valence-corrected chi connectivity index (χ2v) is 5.94. The molecule has 20 heavy (non-hydrogen) atoms. The van der Waals surface area contributed by atoms with Crippen molar-refractivity contribution in [1.29, 1.82) is 0 Å². The number of benzene rings is 1. The van der Waals surface area contributed by atoms with Crippen LogP contribution in [-0.2, 0) is 6.54 Å². The molecule has 0 aliphatic heterocycles. The van der Waals surface area contributed by atoms with Crippen LogP contribution in [0, 0.1) is 13.8 Å². The average Bonchev–Trinajstić information content (AvgIpc) is 2.43. The Balaban J connectivity index is 2.55. The number of aryl methyl sites for hydroxylation is 2. The van der Waals surface area contributed by atoms with E-state index >= 15 is 0 Å². The van der Waals surface area contributed by atoms with Crippen LogP contribution < -0.4 is 5.32 Å². The molecule has 1 heterocycles. The van der Waals surface area contributed by atoms with Crippen LogP contribution in [0.2, 0.25) is 0 Å². The summed E-state index contributed by atoms with van der Waals surface area (Å²) in [6.45, 7) is 12.9.